The summed E-state index contributed by atoms with van der Waals surface area (Å²) in [5.41, 5.74) is 0. The Kier molecular flexibility index (Phi) is 5.78. The van der Waals surface area contributed by atoms with Crippen LogP contribution in [0.1, 0.15) is 6.92 Å². The Morgan fingerprint density at radius 3 is 2.50 bits per heavy atom. The first-order valence-corrected chi connectivity index (χ1v) is 3.83. The minimum Gasteiger partial charge on any atom is -0.366 e. The Morgan fingerprint density at radius 2 is 2.42 bits per heavy atom. The third-order valence-electron chi connectivity index (χ3n) is 1.06. The zero-order valence-corrected chi connectivity index (χ0v) is 7.74. The van der Waals surface area contributed by atoms with E-state index in [1.54, 1.807) is 12.5 Å². The fourth-order valence-electron chi connectivity index (χ4n) is 0.575. The van der Waals surface area contributed by atoms with Gasteiger partial charge in [0.1, 0.15) is 0 Å². The second-order valence-electron chi connectivity index (χ2n) is 2.31. The number of carbonyl (C=O) groups excluding carboxylic acids is 1. The van der Waals surface area contributed by atoms with Gasteiger partial charge in [-0.05, 0) is 6.92 Å². The summed E-state index contributed by atoms with van der Waals surface area (Å²) in [6, 6.07) is 0. The van der Waals surface area contributed by atoms with Gasteiger partial charge in [0.15, 0.2) is 5.81 Å². The van der Waals surface area contributed by atoms with E-state index in [-0.39, 0.29) is 5.81 Å². The third kappa shape index (κ3) is 6.86. The van der Waals surface area contributed by atoms with E-state index < -0.39 is 0 Å². The maximum atomic E-state index is 9.93. The van der Waals surface area contributed by atoms with Crippen LogP contribution in [0.25, 0.3) is 0 Å². The van der Waals surface area contributed by atoms with E-state index >= 15 is 0 Å². The Hall–Kier alpha value is -1.26. The molecular formula is C7H14BN3O. The first-order chi connectivity index (χ1) is 5.66. The third-order valence-corrected chi connectivity index (χ3v) is 1.06. The highest BCUT2D eigenvalue weighted by atomic mass is 16.1. The summed E-state index contributed by atoms with van der Waals surface area (Å²) in [6.45, 7) is 2.62. The van der Waals surface area contributed by atoms with Gasteiger partial charge in [0.05, 0.1) is 6.33 Å². The Morgan fingerprint density at radius 1 is 1.75 bits per heavy atom. The largest absolute Gasteiger partial charge is 0.366 e. The van der Waals surface area contributed by atoms with Crippen molar-refractivity contribution in [3.05, 3.63) is 18.7 Å². The molecule has 1 aromatic heterocycles. The van der Waals surface area contributed by atoms with E-state index in [2.05, 4.69) is 10.3 Å². The molecule has 0 fully saturated rings. The second-order valence-corrected chi connectivity index (χ2v) is 2.31. The Bertz CT molecular complexity index is 210. The zero-order valence-electron chi connectivity index (χ0n) is 7.74. The average Bonchev–Trinajstić information content (AvgIpc) is 2.40. The van der Waals surface area contributed by atoms with Crippen LogP contribution in [0.3, 0.4) is 0 Å². The lowest BCUT2D eigenvalue weighted by molar-refractivity contribution is 0.260. The molecular weight excluding hydrogens is 153 g/mol. The van der Waals surface area contributed by atoms with Gasteiger partial charge in [-0.3, -0.25) is 4.79 Å². The van der Waals surface area contributed by atoms with Crippen LogP contribution in [0.2, 0.25) is 0 Å². The molecule has 12 heavy (non-hydrogen) atoms. The minimum atomic E-state index is 0.0394. The minimum absolute atomic E-state index is 0.0394. The van der Waals surface area contributed by atoms with Crippen LogP contribution in [0.5, 0.6) is 0 Å². The van der Waals surface area contributed by atoms with Crippen molar-refractivity contribution in [2.24, 2.45) is 7.05 Å². The number of nitrogens with one attached hydrogen (secondary N) is 1. The lowest BCUT2D eigenvalue weighted by Gasteiger charge is -1.89. The van der Waals surface area contributed by atoms with E-state index in [9.17, 15) is 4.79 Å². The van der Waals surface area contributed by atoms with Crippen molar-refractivity contribution in [3.8, 4) is 0 Å². The summed E-state index contributed by atoms with van der Waals surface area (Å²) in [5, 5.41) is 2.57. The number of hydrogen-bond donors (Lipinski definition) is 1. The molecule has 0 saturated carbocycles. The zero-order chi connectivity index (χ0) is 9.40. The fraction of sp³-hybridized carbons (Fsp3) is 0.429. The summed E-state index contributed by atoms with van der Waals surface area (Å²) in [6.07, 6.45) is 5.39. The number of nitrogens with zero attached hydrogens (tertiary/aromatic N) is 2. The highest BCUT2D eigenvalue weighted by Gasteiger charge is 1.79. The maximum absolute atomic E-state index is 9.93. The summed E-state index contributed by atoms with van der Waals surface area (Å²) >= 11 is 0. The number of imidazole rings is 1. The van der Waals surface area contributed by atoms with Crippen LogP contribution in [0.15, 0.2) is 18.7 Å². The van der Waals surface area contributed by atoms with Crippen LogP contribution in [-0.2, 0) is 7.05 Å². The van der Waals surface area contributed by atoms with Gasteiger partial charge in [-0.15, -0.1) is 0 Å². The number of rotatable bonds is 1. The van der Waals surface area contributed by atoms with Crippen LogP contribution in [0.4, 0.5) is 4.79 Å². The summed E-state index contributed by atoms with van der Waals surface area (Å²) in [7, 11) is 3.44. The number of aryl methyl sites for hydroxylation is 1. The molecule has 1 heterocycles. The lowest BCUT2D eigenvalue weighted by Crippen LogP contribution is -2.20. The highest BCUT2D eigenvalue weighted by molar-refractivity contribution is 6.57. The molecule has 0 unspecified atom stereocenters. The molecule has 0 saturated heterocycles. The predicted molar refractivity (Wildman–Crippen MR) is 50.8 cm³/mol. The van der Waals surface area contributed by atoms with Crippen molar-refractivity contribution in [1.82, 2.24) is 14.9 Å². The van der Waals surface area contributed by atoms with Gasteiger partial charge in [-0.25, -0.2) is 4.98 Å². The van der Waals surface area contributed by atoms with E-state index in [4.69, 9.17) is 0 Å². The van der Waals surface area contributed by atoms with Gasteiger partial charge in [-0.1, -0.05) is 0 Å². The first-order valence-electron chi connectivity index (χ1n) is 3.83. The van der Waals surface area contributed by atoms with Crippen molar-refractivity contribution in [1.29, 1.82) is 0 Å². The molecule has 1 amide bonds. The van der Waals surface area contributed by atoms with Gasteiger partial charge >= 0.3 is 0 Å². The molecule has 0 bridgehead atoms. The molecule has 1 N–H and O–H groups in total. The molecule has 0 aliphatic rings. The molecule has 0 radical (unpaired) electrons. The molecule has 1 rings (SSSR count). The van der Waals surface area contributed by atoms with Gasteiger partial charge < -0.3 is 9.88 Å². The topological polar surface area (TPSA) is 46.9 Å². The van der Waals surface area contributed by atoms with E-state index in [1.807, 2.05) is 24.7 Å². The van der Waals surface area contributed by atoms with Crippen molar-refractivity contribution in [2.45, 2.75) is 6.92 Å². The van der Waals surface area contributed by atoms with E-state index in [0.717, 1.165) is 6.54 Å². The lowest BCUT2D eigenvalue weighted by atomic mass is 10.1. The van der Waals surface area contributed by atoms with Crippen LogP contribution >= 0.6 is 0 Å². The van der Waals surface area contributed by atoms with Crippen molar-refractivity contribution in [2.75, 3.05) is 6.54 Å². The van der Waals surface area contributed by atoms with Gasteiger partial charge in [0, 0.05) is 26.0 Å². The summed E-state index contributed by atoms with van der Waals surface area (Å²) in [4.78, 5) is 13.7. The van der Waals surface area contributed by atoms with Crippen LogP contribution < -0.4 is 5.32 Å². The number of aromatic nitrogens is 2. The number of carbonyl (C=O) groups is 1. The predicted octanol–water partition coefficient (Wildman–Crippen LogP) is -0.231. The quantitative estimate of drug-likeness (QED) is 0.587. The normalized spacial score (nSPS) is 8.17. The van der Waals surface area contributed by atoms with Crippen LogP contribution in [-0.4, -0.2) is 29.7 Å². The first kappa shape index (κ1) is 10.7. The highest BCUT2D eigenvalue weighted by Crippen LogP contribution is 1.73. The molecule has 0 atom stereocenters. The second kappa shape index (κ2) is 6.45. The molecule has 5 heteroatoms. The van der Waals surface area contributed by atoms with Gasteiger partial charge in [0.25, 0.3) is 0 Å². The maximum Gasteiger partial charge on any atom is 0.215 e. The molecule has 0 spiro atoms. The van der Waals surface area contributed by atoms with Crippen molar-refractivity contribution in [3.63, 3.8) is 0 Å². The monoisotopic (exact) mass is 167 g/mol. The average molecular weight is 167 g/mol. The number of hydrogen-bond acceptors (Lipinski definition) is 2. The Labute approximate surface area is 73.4 Å². The smallest absolute Gasteiger partial charge is 0.215 e. The van der Waals surface area contributed by atoms with Crippen LogP contribution in [0, 0.1) is 0 Å². The molecule has 0 aromatic carbocycles. The summed E-state index contributed by atoms with van der Waals surface area (Å²) < 4.78 is 1.89. The SMILES string of the molecule is BC(=O)NCC.Cn1ccnc1. The molecule has 0 aliphatic heterocycles. The van der Waals surface area contributed by atoms with Crippen molar-refractivity contribution < 1.29 is 4.79 Å². The molecule has 4 nitrogen and oxygen atoms in total. The van der Waals surface area contributed by atoms with E-state index in [1.165, 1.54) is 7.85 Å². The van der Waals surface area contributed by atoms with Gasteiger partial charge in [0.2, 0.25) is 7.85 Å². The van der Waals surface area contributed by atoms with E-state index in [0.29, 0.717) is 0 Å². The fourth-order valence-corrected chi connectivity index (χ4v) is 0.575. The molecule has 1 aromatic rings. The molecule has 0 aliphatic carbocycles. The molecule has 66 valence electrons. The van der Waals surface area contributed by atoms with Gasteiger partial charge in [-0.2, -0.15) is 0 Å². The summed E-state index contributed by atoms with van der Waals surface area (Å²) in [5.74, 6) is 0.0394. The number of amides is 1. The van der Waals surface area contributed by atoms with Crippen molar-refractivity contribution >= 4 is 13.7 Å². The Balaban J connectivity index is 0.000000202. The standard InChI is InChI=1S/C4H6N2.C3H8BNO/c1-6-3-2-5-4-6;1-2-5-3(4)6/h2-4H,1H3;2,4H2,1H3,(H,5,6).